The Morgan fingerprint density at radius 1 is 0.800 bits per heavy atom. The van der Waals surface area contributed by atoms with Crippen LogP contribution in [0, 0.1) is 0 Å². The SMILES string of the molecule is NS(=O)(=O)c1ccc(C(=O)NCC(F)(F)C(F)(F)C(F)(F)C(F)(F)C(F)(F)F)cc1. The van der Waals surface area contributed by atoms with Crippen molar-refractivity contribution in [1.82, 2.24) is 5.32 Å². The van der Waals surface area contributed by atoms with Crippen molar-refractivity contribution in [2.24, 2.45) is 5.14 Å². The number of halogens is 11. The first kappa shape index (κ1) is 25.9. The number of benzene rings is 1. The van der Waals surface area contributed by atoms with Crippen LogP contribution in [-0.2, 0) is 10.0 Å². The average molecular weight is 482 g/mol. The number of nitrogens with two attached hydrogens (primary N) is 1. The molecule has 0 radical (unpaired) electrons. The summed E-state index contributed by atoms with van der Waals surface area (Å²) >= 11 is 0. The number of hydrogen-bond acceptors (Lipinski definition) is 3. The summed E-state index contributed by atoms with van der Waals surface area (Å²) in [7, 11) is -4.24. The minimum Gasteiger partial charge on any atom is -0.346 e. The first-order valence-electron chi connectivity index (χ1n) is 7.08. The van der Waals surface area contributed by atoms with Gasteiger partial charge in [-0.05, 0) is 24.3 Å². The van der Waals surface area contributed by atoms with E-state index in [9.17, 15) is 61.5 Å². The van der Waals surface area contributed by atoms with E-state index in [4.69, 9.17) is 5.14 Å². The molecular weight excluding hydrogens is 473 g/mol. The molecule has 0 heterocycles. The van der Waals surface area contributed by atoms with E-state index >= 15 is 0 Å². The molecule has 172 valence electrons. The van der Waals surface area contributed by atoms with Gasteiger partial charge in [-0.2, -0.15) is 48.3 Å². The Bertz CT molecular complexity index is 896. The largest absolute Gasteiger partial charge is 0.460 e. The van der Waals surface area contributed by atoms with Gasteiger partial charge >= 0.3 is 29.9 Å². The second-order valence-electron chi connectivity index (χ2n) is 5.68. The summed E-state index contributed by atoms with van der Waals surface area (Å²) in [6.07, 6.45) is -7.29. The number of sulfonamides is 1. The third-order valence-electron chi connectivity index (χ3n) is 3.52. The maximum absolute atomic E-state index is 13.5. The number of nitrogens with one attached hydrogen (secondary N) is 1. The highest BCUT2D eigenvalue weighted by atomic mass is 32.2. The molecule has 1 aromatic carbocycles. The van der Waals surface area contributed by atoms with Crippen molar-refractivity contribution in [2.75, 3.05) is 6.54 Å². The Balaban J connectivity index is 3.08. The molecule has 0 fully saturated rings. The van der Waals surface area contributed by atoms with Crippen molar-refractivity contribution in [1.29, 1.82) is 0 Å². The molecule has 0 unspecified atom stereocenters. The van der Waals surface area contributed by atoms with Gasteiger partial charge in [0.15, 0.2) is 0 Å². The number of hydrogen-bond donors (Lipinski definition) is 2. The summed E-state index contributed by atoms with van der Waals surface area (Å²) in [6, 6.07) is 2.62. The van der Waals surface area contributed by atoms with Gasteiger partial charge in [-0.3, -0.25) is 4.79 Å². The number of carbonyl (C=O) groups excluding carboxylic acids is 1. The molecule has 0 aromatic heterocycles. The van der Waals surface area contributed by atoms with E-state index in [0.717, 1.165) is 5.32 Å². The van der Waals surface area contributed by atoms with Crippen LogP contribution in [0.15, 0.2) is 29.2 Å². The summed E-state index contributed by atoms with van der Waals surface area (Å²) in [4.78, 5) is 11.0. The van der Waals surface area contributed by atoms with Gasteiger partial charge in [0.1, 0.15) is 0 Å². The molecule has 0 atom stereocenters. The lowest BCUT2D eigenvalue weighted by Gasteiger charge is -2.37. The molecule has 0 aliphatic rings. The van der Waals surface area contributed by atoms with Crippen LogP contribution in [0.3, 0.4) is 0 Å². The van der Waals surface area contributed by atoms with Crippen molar-refractivity contribution in [3.05, 3.63) is 29.8 Å². The molecule has 0 aliphatic carbocycles. The Morgan fingerprint density at radius 3 is 1.60 bits per heavy atom. The predicted molar refractivity (Wildman–Crippen MR) is 76.0 cm³/mol. The van der Waals surface area contributed by atoms with E-state index in [-0.39, 0.29) is 0 Å². The molecule has 1 amide bonds. The number of rotatable bonds is 7. The van der Waals surface area contributed by atoms with Crippen LogP contribution in [0.4, 0.5) is 48.3 Å². The summed E-state index contributed by atoms with van der Waals surface area (Å²) in [5.74, 6) is -30.3. The van der Waals surface area contributed by atoms with Crippen molar-refractivity contribution in [3.63, 3.8) is 0 Å². The normalized spacial score (nSPS) is 14.5. The lowest BCUT2D eigenvalue weighted by Crippen LogP contribution is -2.68. The Hall–Kier alpha value is -2.17. The minimum atomic E-state index is -7.58. The van der Waals surface area contributed by atoms with Crippen LogP contribution in [0.25, 0.3) is 0 Å². The molecule has 5 nitrogen and oxygen atoms in total. The molecule has 0 aliphatic heterocycles. The number of alkyl halides is 11. The van der Waals surface area contributed by atoms with Crippen LogP contribution in [0.1, 0.15) is 10.4 Å². The second kappa shape index (κ2) is 7.51. The summed E-state index contributed by atoms with van der Waals surface area (Å²) in [5, 5.41) is 5.69. The zero-order valence-corrected chi connectivity index (χ0v) is 14.7. The summed E-state index contributed by atoms with van der Waals surface area (Å²) in [5.41, 5.74) is -0.686. The number of carbonyl (C=O) groups is 1. The van der Waals surface area contributed by atoms with Crippen LogP contribution in [0.2, 0.25) is 0 Å². The standard InChI is InChI=1S/C13H9F11N2O3S/c14-9(15,10(16,17)11(18,19)12(20,21)13(22,23)24)5-26-8(27)6-1-3-7(4-2-6)30(25,28)29/h1-4H,5H2,(H,26,27)(H2,25,28,29). The smallest absolute Gasteiger partial charge is 0.346 e. The quantitative estimate of drug-likeness (QED) is 0.586. The van der Waals surface area contributed by atoms with Gasteiger partial charge in [-0.15, -0.1) is 0 Å². The fraction of sp³-hybridized carbons (Fsp3) is 0.462. The Labute approximate surface area is 160 Å². The minimum absolute atomic E-state index is 0.565. The highest BCUT2D eigenvalue weighted by Crippen LogP contribution is 2.57. The van der Waals surface area contributed by atoms with Gasteiger partial charge in [0, 0.05) is 5.56 Å². The van der Waals surface area contributed by atoms with Gasteiger partial charge in [0.05, 0.1) is 11.4 Å². The van der Waals surface area contributed by atoms with E-state index in [1.165, 1.54) is 0 Å². The maximum atomic E-state index is 13.5. The molecule has 0 bridgehead atoms. The lowest BCUT2D eigenvalue weighted by molar-refractivity contribution is -0.421. The fourth-order valence-corrected chi connectivity index (χ4v) is 2.32. The van der Waals surface area contributed by atoms with E-state index in [2.05, 4.69) is 0 Å². The second-order valence-corrected chi connectivity index (χ2v) is 7.24. The molecule has 30 heavy (non-hydrogen) atoms. The van der Waals surface area contributed by atoms with Crippen LogP contribution >= 0.6 is 0 Å². The summed E-state index contributed by atoms with van der Waals surface area (Å²) in [6.45, 7) is -2.76. The van der Waals surface area contributed by atoms with Gasteiger partial charge in [-0.1, -0.05) is 0 Å². The van der Waals surface area contributed by atoms with Gasteiger partial charge < -0.3 is 5.32 Å². The lowest BCUT2D eigenvalue weighted by atomic mass is 9.98. The highest BCUT2D eigenvalue weighted by Gasteiger charge is 2.87. The van der Waals surface area contributed by atoms with Crippen LogP contribution in [-0.4, -0.2) is 50.7 Å². The average Bonchev–Trinajstić information content (AvgIpc) is 2.57. The van der Waals surface area contributed by atoms with Crippen molar-refractivity contribution in [2.45, 2.75) is 34.8 Å². The van der Waals surface area contributed by atoms with Crippen LogP contribution < -0.4 is 10.5 Å². The maximum Gasteiger partial charge on any atom is 0.460 e. The number of primary sulfonamides is 1. The molecule has 1 rings (SSSR count). The molecule has 0 saturated heterocycles. The van der Waals surface area contributed by atoms with Gasteiger partial charge in [0.2, 0.25) is 10.0 Å². The Morgan fingerprint density at radius 2 is 1.23 bits per heavy atom. The molecule has 0 saturated carbocycles. The van der Waals surface area contributed by atoms with Gasteiger partial charge in [-0.25, -0.2) is 13.6 Å². The van der Waals surface area contributed by atoms with E-state index in [0.29, 0.717) is 24.3 Å². The van der Waals surface area contributed by atoms with E-state index < -0.39 is 62.8 Å². The zero-order valence-electron chi connectivity index (χ0n) is 13.9. The molecular formula is C13H9F11N2O3S. The van der Waals surface area contributed by atoms with Crippen molar-refractivity contribution >= 4 is 15.9 Å². The Kier molecular flexibility index (Phi) is 6.47. The van der Waals surface area contributed by atoms with Crippen molar-refractivity contribution < 1.29 is 61.5 Å². The monoisotopic (exact) mass is 482 g/mol. The highest BCUT2D eigenvalue weighted by molar-refractivity contribution is 7.89. The predicted octanol–water partition coefficient (Wildman–Crippen LogP) is 3.17. The first-order chi connectivity index (χ1) is 13.1. The van der Waals surface area contributed by atoms with Crippen molar-refractivity contribution in [3.8, 4) is 0 Å². The van der Waals surface area contributed by atoms with Gasteiger partial charge in [0.25, 0.3) is 5.91 Å². The summed E-state index contributed by atoms with van der Waals surface area (Å²) < 4.78 is 163. The molecule has 0 spiro atoms. The third-order valence-corrected chi connectivity index (χ3v) is 4.45. The van der Waals surface area contributed by atoms with E-state index in [1.807, 2.05) is 0 Å². The molecule has 17 heteroatoms. The third kappa shape index (κ3) is 4.45. The number of amides is 1. The van der Waals surface area contributed by atoms with Crippen LogP contribution in [0.5, 0.6) is 0 Å². The fourth-order valence-electron chi connectivity index (χ4n) is 1.81. The molecule has 3 N–H and O–H groups in total. The topological polar surface area (TPSA) is 89.3 Å². The zero-order chi connectivity index (χ0) is 24.0. The first-order valence-corrected chi connectivity index (χ1v) is 8.63. The van der Waals surface area contributed by atoms with E-state index in [1.54, 1.807) is 0 Å². The molecule has 1 aromatic rings.